The monoisotopic (exact) mass is 366 g/mol. The molecule has 0 aliphatic carbocycles. The van der Waals surface area contributed by atoms with Crippen LogP contribution in [-0.4, -0.2) is 13.0 Å². The molecule has 1 aromatic heterocycles. The summed E-state index contributed by atoms with van der Waals surface area (Å²) in [7, 11) is -2.30. The van der Waals surface area contributed by atoms with Crippen LogP contribution in [0.4, 0.5) is 5.69 Å². The predicted octanol–water partition coefficient (Wildman–Crippen LogP) is 3.20. The molecule has 126 valence electrons. The number of nitrogens with one attached hydrogen (secondary N) is 1. The minimum absolute atomic E-state index is 0.0824. The van der Waals surface area contributed by atoms with Crippen molar-refractivity contribution in [1.29, 1.82) is 0 Å². The number of aromatic nitrogens is 1. The van der Waals surface area contributed by atoms with Crippen LogP contribution in [0.3, 0.4) is 0 Å². The van der Waals surface area contributed by atoms with Crippen LogP contribution in [0.5, 0.6) is 0 Å². The van der Waals surface area contributed by atoms with E-state index in [0.717, 1.165) is 5.56 Å². The first-order valence-corrected chi connectivity index (χ1v) is 8.94. The first kappa shape index (κ1) is 16.6. The molecule has 0 aliphatic heterocycles. The van der Waals surface area contributed by atoms with Crippen LogP contribution in [0.15, 0.2) is 44.4 Å². The Hall–Kier alpha value is -2.25. The van der Waals surface area contributed by atoms with Crippen LogP contribution < -0.4 is 10.5 Å². The topological polar surface area (TPSA) is 81.3 Å². The smallest absolute Gasteiger partial charge is 0.408 e. The molecule has 0 radical (unpaired) electrons. The lowest BCUT2D eigenvalue weighted by Crippen LogP contribution is -2.15. The van der Waals surface area contributed by atoms with E-state index in [1.807, 2.05) is 0 Å². The molecule has 1 N–H and O–H groups in total. The summed E-state index contributed by atoms with van der Waals surface area (Å²) < 4.78 is 34.3. The van der Waals surface area contributed by atoms with E-state index in [2.05, 4.69) is 4.72 Å². The Balaban J connectivity index is 2.10. The molecular formula is C16H15ClN2O4S. The highest BCUT2D eigenvalue weighted by atomic mass is 35.5. The highest BCUT2D eigenvalue weighted by Gasteiger charge is 2.20. The first-order chi connectivity index (χ1) is 11.2. The first-order valence-electron chi connectivity index (χ1n) is 7.08. The van der Waals surface area contributed by atoms with Crippen molar-refractivity contribution in [3.63, 3.8) is 0 Å². The van der Waals surface area contributed by atoms with Crippen molar-refractivity contribution >= 4 is 38.4 Å². The molecule has 1 heterocycles. The molecule has 0 saturated carbocycles. The van der Waals surface area contributed by atoms with E-state index in [0.29, 0.717) is 27.4 Å². The van der Waals surface area contributed by atoms with Crippen LogP contribution >= 0.6 is 11.6 Å². The minimum atomic E-state index is -3.82. The van der Waals surface area contributed by atoms with Gasteiger partial charge < -0.3 is 4.42 Å². The Kier molecular flexibility index (Phi) is 3.93. The molecule has 3 rings (SSSR count). The van der Waals surface area contributed by atoms with Crippen LogP contribution in [0.2, 0.25) is 5.02 Å². The van der Waals surface area contributed by atoms with E-state index in [1.165, 1.54) is 17.7 Å². The number of anilines is 1. The van der Waals surface area contributed by atoms with Gasteiger partial charge in [0, 0.05) is 17.8 Å². The Morgan fingerprint density at radius 1 is 1.12 bits per heavy atom. The number of hydrogen-bond acceptors (Lipinski definition) is 4. The Bertz CT molecular complexity index is 1110. The van der Waals surface area contributed by atoms with Crippen molar-refractivity contribution < 1.29 is 12.8 Å². The van der Waals surface area contributed by atoms with Crippen molar-refractivity contribution in [2.45, 2.75) is 18.7 Å². The normalized spacial score (nSPS) is 11.8. The largest absolute Gasteiger partial charge is 0.419 e. The van der Waals surface area contributed by atoms with Gasteiger partial charge >= 0.3 is 5.76 Å². The van der Waals surface area contributed by atoms with Crippen molar-refractivity contribution in [1.82, 2.24) is 4.57 Å². The maximum atomic E-state index is 12.7. The van der Waals surface area contributed by atoms with Gasteiger partial charge in [-0.1, -0.05) is 11.6 Å². The minimum Gasteiger partial charge on any atom is -0.408 e. The Morgan fingerprint density at radius 2 is 1.83 bits per heavy atom. The molecular weight excluding hydrogens is 352 g/mol. The van der Waals surface area contributed by atoms with E-state index in [-0.39, 0.29) is 4.90 Å². The van der Waals surface area contributed by atoms with Crippen LogP contribution in [0.25, 0.3) is 11.1 Å². The highest BCUT2D eigenvalue weighted by molar-refractivity contribution is 7.92. The zero-order chi connectivity index (χ0) is 17.6. The van der Waals surface area contributed by atoms with Gasteiger partial charge in [-0.2, -0.15) is 0 Å². The molecule has 0 fully saturated rings. The second-order valence-electron chi connectivity index (χ2n) is 5.58. The Labute approximate surface area is 143 Å². The van der Waals surface area contributed by atoms with E-state index < -0.39 is 15.8 Å². The van der Waals surface area contributed by atoms with Gasteiger partial charge in [0.15, 0.2) is 5.58 Å². The van der Waals surface area contributed by atoms with Gasteiger partial charge in [-0.15, -0.1) is 0 Å². The van der Waals surface area contributed by atoms with Crippen LogP contribution in [-0.2, 0) is 17.1 Å². The van der Waals surface area contributed by atoms with Crippen LogP contribution in [0.1, 0.15) is 11.1 Å². The van der Waals surface area contributed by atoms with Gasteiger partial charge in [0.1, 0.15) is 0 Å². The van der Waals surface area contributed by atoms with Gasteiger partial charge in [0.25, 0.3) is 10.0 Å². The number of nitrogens with zero attached hydrogens (tertiary/aromatic N) is 1. The van der Waals surface area contributed by atoms with Crippen molar-refractivity contribution in [3.8, 4) is 0 Å². The van der Waals surface area contributed by atoms with Crippen molar-refractivity contribution in [2.75, 3.05) is 4.72 Å². The van der Waals surface area contributed by atoms with E-state index >= 15 is 0 Å². The molecule has 6 nitrogen and oxygen atoms in total. The van der Waals surface area contributed by atoms with Gasteiger partial charge in [-0.05, 0) is 55.3 Å². The number of sulfonamides is 1. The fraction of sp³-hybridized carbons (Fsp3) is 0.188. The lowest BCUT2D eigenvalue weighted by molar-refractivity contribution is 0.528. The molecule has 0 spiro atoms. The Morgan fingerprint density at radius 3 is 2.50 bits per heavy atom. The zero-order valence-electron chi connectivity index (χ0n) is 13.3. The van der Waals surface area contributed by atoms with E-state index in [9.17, 15) is 13.2 Å². The average Bonchev–Trinajstić information content (AvgIpc) is 2.76. The number of hydrogen-bond donors (Lipinski definition) is 1. The standard InChI is InChI=1S/C16H15ClN2O4S/c1-9-6-11(4-5-12(9)17)18-24(21,22)15-8-13-14(7-10(15)2)23-16(20)19(13)3/h4-8,18H,1-3H3. The molecule has 8 heteroatoms. The van der Waals surface area contributed by atoms with Crippen molar-refractivity contribution in [3.05, 3.63) is 57.0 Å². The SMILES string of the molecule is Cc1cc(NS(=O)(=O)c2cc3c(cc2C)oc(=O)n3C)ccc1Cl. The lowest BCUT2D eigenvalue weighted by Gasteiger charge is -2.11. The molecule has 3 aromatic rings. The molecule has 2 aromatic carbocycles. The molecule has 0 unspecified atom stereocenters. The maximum Gasteiger partial charge on any atom is 0.419 e. The molecule has 0 atom stereocenters. The molecule has 0 aliphatic rings. The number of aryl methyl sites for hydroxylation is 3. The third-order valence-electron chi connectivity index (χ3n) is 3.79. The number of fused-ring (bicyclic) bond motifs is 1. The third-order valence-corrected chi connectivity index (χ3v) is 5.74. The number of benzene rings is 2. The summed E-state index contributed by atoms with van der Waals surface area (Å²) in [5.41, 5.74) is 2.42. The summed E-state index contributed by atoms with van der Waals surface area (Å²) in [5, 5.41) is 0.559. The van der Waals surface area contributed by atoms with Gasteiger partial charge in [-0.25, -0.2) is 13.2 Å². The third kappa shape index (κ3) is 2.81. The second kappa shape index (κ2) is 5.68. The lowest BCUT2D eigenvalue weighted by atomic mass is 10.2. The fourth-order valence-electron chi connectivity index (χ4n) is 2.46. The number of halogens is 1. The fourth-order valence-corrected chi connectivity index (χ4v) is 3.88. The quantitative estimate of drug-likeness (QED) is 0.771. The van der Waals surface area contributed by atoms with Gasteiger partial charge in [0.2, 0.25) is 0 Å². The molecule has 24 heavy (non-hydrogen) atoms. The van der Waals surface area contributed by atoms with Crippen molar-refractivity contribution in [2.24, 2.45) is 7.05 Å². The highest BCUT2D eigenvalue weighted by Crippen LogP contribution is 2.26. The molecule has 0 saturated heterocycles. The summed E-state index contributed by atoms with van der Waals surface area (Å²) >= 11 is 5.96. The zero-order valence-corrected chi connectivity index (χ0v) is 14.8. The molecule has 0 bridgehead atoms. The summed E-state index contributed by atoms with van der Waals surface area (Å²) in [6.07, 6.45) is 0. The summed E-state index contributed by atoms with van der Waals surface area (Å²) in [6, 6.07) is 7.85. The summed E-state index contributed by atoms with van der Waals surface area (Å²) in [6.45, 7) is 3.44. The van der Waals surface area contributed by atoms with E-state index in [4.69, 9.17) is 16.0 Å². The van der Waals surface area contributed by atoms with Gasteiger partial charge in [-0.3, -0.25) is 9.29 Å². The maximum absolute atomic E-state index is 12.7. The predicted molar refractivity (Wildman–Crippen MR) is 93.2 cm³/mol. The molecule has 0 amide bonds. The second-order valence-corrected chi connectivity index (χ2v) is 7.64. The summed E-state index contributed by atoms with van der Waals surface area (Å²) in [4.78, 5) is 11.7. The summed E-state index contributed by atoms with van der Waals surface area (Å²) in [5.74, 6) is -0.541. The number of rotatable bonds is 3. The van der Waals surface area contributed by atoms with Crippen LogP contribution in [0, 0.1) is 13.8 Å². The average molecular weight is 367 g/mol. The van der Waals surface area contributed by atoms with Gasteiger partial charge in [0.05, 0.1) is 10.4 Å². The van der Waals surface area contributed by atoms with E-state index in [1.54, 1.807) is 38.1 Å². The number of oxazole rings is 1.